The summed E-state index contributed by atoms with van der Waals surface area (Å²) in [6.07, 6.45) is 2.48. The van der Waals surface area contributed by atoms with E-state index in [2.05, 4.69) is 13.8 Å². The lowest BCUT2D eigenvalue weighted by atomic mass is 9.85. The maximum atomic E-state index is 12.0. The van der Waals surface area contributed by atoms with Crippen LogP contribution in [0.2, 0.25) is 0 Å². The van der Waals surface area contributed by atoms with Crippen molar-refractivity contribution in [3.05, 3.63) is 0 Å². The summed E-state index contributed by atoms with van der Waals surface area (Å²) >= 11 is 0. The third-order valence-corrected chi connectivity index (χ3v) is 3.60. The molecule has 0 radical (unpaired) electrons. The van der Waals surface area contributed by atoms with Crippen LogP contribution in [-0.4, -0.2) is 29.7 Å². The summed E-state index contributed by atoms with van der Waals surface area (Å²) < 4.78 is 0. The number of carbonyl (C=O) groups excluding carboxylic acids is 2. The summed E-state index contributed by atoms with van der Waals surface area (Å²) in [4.78, 5) is 25.6. The van der Waals surface area contributed by atoms with Crippen molar-refractivity contribution in [1.29, 1.82) is 0 Å². The molecule has 98 valence electrons. The molecule has 3 nitrogen and oxygen atoms in total. The van der Waals surface area contributed by atoms with Gasteiger partial charge in [-0.2, -0.15) is 0 Å². The SMILES string of the molecule is CC1(C)CCC(=O)N(CC(=O)C(C)(C)C)CC1. The molecule has 0 unspecified atom stereocenters. The third-order valence-electron chi connectivity index (χ3n) is 3.60. The first kappa shape index (κ1) is 14.2. The van der Waals surface area contributed by atoms with Crippen molar-refractivity contribution in [2.24, 2.45) is 10.8 Å². The van der Waals surface area contributed by atoms with E-state index in [0.717, 1.165) is 12.8 Å². The molecule has 0 aromatic rings. The molecule has 0 N–H and O–H groups in total. The number of hydrogen-bond acceptors (Lipinski definition) is 2. The van der Waals surface area contributed by atoms with Gasteiger partial charge in [0.15, 0.2) is 5.78 Å². The van der Waals surface area contributed by atoms with Crippen LogP contribution in [-0.2, 0) is 9.59 Å². The largest absolute Gasteiger partial charge is 0.335 e. The Morgan fingerprint density at radius 1 is 1.29 bits per heavy atom. The van der Waals surface area contributed by atoms with Gasteiger partial charge in [0.1, 0.15) is 0 Å². The van der Waals surface area contributed by atoms with E-state index in [4.69, 9.17) is 0 Å². The van der Waals surface area contributed by atoms with E-state index in [1.807, 2.05) is 20.8 Å². The van der Waals surface area contributed by atoms with E-state index in [-0.39, 0.29) is 29.1 Å². The molecule has 1 fully saturated rings. The summed E-state index contributed by atoms with van der Waals surface area (Å²) in [5, 5.41) is 0. The molecule has 1 rings (SSSR count). The molecular formula is C14H25NO2. The maximum absolute atomic E-state index is 12.0. The zero-order valence-corrected chi connectivity index (χ0v) is 11.8. The molecule has 1 aliphatic heterocycles. The molecule has 0 bridgehead atoms. The van der Waals surface area contributed by atoms with Gasteiger partial charge in [-0.3, -0.25) is 9.59 Å². The van der Waals surface area contributed by atoms with Crippen LogP contribution in [0.15, 0.2) is 0 Å². The lowest BCUT2D eigenvalue weighted by molar-refractivity contribution is -0.137. The van der Waals surface area contributed by atoms with Gasteiger partial charge < -0.3 is 4.90 Å². The van der Waals surface area contributed by atoms with Crippen molar-refractivity contribution >= 4 is 11.7 Å². The molecule has 0 aromatic carbocycles. The molecular weight excluding hydrogens is 214 g/mol. The van der Waals surface area contributed by atoms with Crippen molar-refractivity contribution < 1.29 is 9.59 Å². The molecule has 1 aliphatic rings. The zero-order valence-electron chi connectivity index (χ0n) is 11.8. The number of hydrogen-bond donors (Lipinski definition) is 0. The first-order chi connectivity index (χ1) is 7.62. The fraction of sp³-hybridized carbons (Fsp3) is 0.857. The number of amides is 1. The second-order valence-electron chi connectivity index (χ2n) is 6.90. The Morgan fingerprint density at radius 2 is 1.88 bits per heavy atom. The van der Waals surface area contributed by atoms with E-state index < -0.39 is 0 Å². The fourth-order valence-corrected chi connectivity index (χ4v) is 1.87. The van der Waals surface area contributed by atoms with Crippen LogP contribution in [0, 0.1) is 10.8 Å². The highest BCUT2D eigenvalue weighted by molar-refractivity contribution is 5.89. The highest BCUT2D eigenvalue weighted by atomic mass is 16.2. The van der Waals surface area contributed by atoms with E-state index in [1.54, 1.807) is 4.90 Å². The number of Topliss-reactive ketones (excluding diaryl/α,β-unsaturated/α-hetero) is 1. The first-order valence-electron chi connectivity index (χ1n) is 6.43. The minimum Gasteiger partial charge on any atom is -0.335 e. The van der Waals surface area contributed by atoms with Crippen LogP contribution in [0.1, 0.15) is 53.9 Å². The van der Waals surface area contributed by atoms with E-state index >= 15 is 0 Å². The second kappa shape index (κ2) is 4.79. The molecule has 0 saturated carbocycles. The summed E-state index contributed by atoms with van der Waals surface area (Å²) in [6, 6.07) is 0. The quantitative estimate of drug-likeness (QED) is 0.743. The summed E-state index contributed by atoms with van der Waals surface area (Å²) in [6.45, 7) is 11.1. The van der Waals surface area contributed by atoms with Crippen LogP contribution >= 0.6 is 0 Å². The van der Waals surface area contributed by atoms with Gasteiger partial charge in [0.25, 0.3) is 0 Å². The van der Waals surface area contributed by atoms with Crippen molar-refractivity contribution in [2.75, 3.05) is 13.1 Å². The molecule has 1 amide bonds. The van der Waals surface area contributed by atoms with E-state index in [9.17, 15) is 9.59 Å². The normalized spacial score (nSPS) is 21.2. The smallest absolute Gasteiger partial charge is 0.222 e. The predicted octanol–water partition coefficient (Wildman–Crippen LogP) is 2.64. The van der Waals surface area contributed by atoms with Crippen molar-refractivity contribution in [3.63, 3.8) is 0 Å². The molecule has 0 aromatic heterocycles. The van der Waals surface area contributed by atoms with Crippen LogP contribution in [0.3, 0.4) is 0 Å². The van der Waals surface area contributed by atoms with E-state index in [1.165, 1.54) is 0 Å². The average Bonchev–Trinajstić information content (AvgIpc) is 2.29. The maximum Gasteiger partial charge on any atom is 0.222 e. The standard InChI is InChI=1S/C14H25NO2/c1-13(2,3)11(16)10-15-9-8-14(4,5)7-6-12(15)17/h6-10H2,1-5H3. The van der Waals surface area contributed by atoms with Crippen molar-refractivity contribution in [2.45, 2.75) is 53.9 Å². The first-order valence-corrected chi connectivity index (χ1v) is 6.43. The highest BCUT2D eigenvalue weighted by Crippen LogP contribution is 2.30. The van der Waals surface area contributed by atoms with Crippen LogP contribution in [0.25, 0.3) is 0 Å². The summed E-state index contributed by atoms with van der Waals surface area (Å²) in [5.74, 6) is 0.277. The van der Waals surface area contributed by atoms with Gasteiger partial charge in [0.05, 0.1) is 6.54 Å². The number of rotatable bonds is 2. The molecule has 3 heteroatoms. The Kier molecular flexibility index (Phi) is 4.00. The molecule has 0 spiro atoms. The van der Waals surface area contributed by atoms with Gasteiger partial charge in [-0.1, -0.05) is 34.6 Å². The average molecular weight is 239 g/mol. The molecule has 17 heavy (non-hydrogen) atoms. The third kappa shape index (κ3) is 4.14. The van der Waals surface area contributed by atoms with Gasteiger partial charge in [-0.25, -0.2) is 0 Å². The lowest BCUT2D eigenvalue weighted by Crippen LogP contribution is -2.39. The molecule has 1 heterocycles. The Balaban J connectivity index is 2.65. The Morgan fingerprint density at radius 3 is 2.41 bits per heavy atom. The minimum absolute atomic E-state index is 0.133. The topological polar surface area (TPSA) is 37.4 Å². The molecule has 1 saturated heterocycles. The number of ketones is 1. The van der Waals surface area contributed by atoms with Gasteiger partial charge in [-0.15, -0.1) is 0 Å². The van der Waals surface area contributed by atoms with Crippen molar-refractivity contribution in [1.82, 2.24) is 4.90 Å². The number of nitrogens with zero attached hydrogens (tertiary/aromatic N) is 1. The van der Waals surface area contributed by atoms with Gasteiger partial charge in [0.2, 0.25) is 5.91 Å². The molecule has 0 aliphatic carbocycles. The summed E-state index contributed by atoms with van der Waals surface area (Å²) in [5.41, 5.74) is -0.142. The Labute approximate surface area is 105 Å². The van der Waals surface area contributed by atoms with Crippen LogP contribution in [0.5, 0.6) is 0 Å². The Hall–Kier alpha value is -0.860. The highest BCUT2D eigenvalue weighted by Gasteiger charge is 2.30. The van der Waals surface area contributed by atoms with Crippen molar-refractivity contribution in [3.8, 4) is 0 Å². The van der Waals surface area contributed by atoms with E-state index in [0.29, 0.717) is 13.0 Å². The predicted molar refractivity (Wildman–Crippen MR) is 68.7 cm³/mol. The number of carbonyl (C=O) groups is 2. The minimum atomic E-state index is -0.359. The Bertz CT molecular complexity index is 313. The van der Waals surface area contributed by atoms with Gasteiger partial charge in [-0.05, 0) is 18.3 Å². The van der Waals surface area contributed by atoms with Gasteiger partial charge >= 0.3 is 0 Å². The number of likely N-dealkylation sites (tertiary alicyclic amines) is 1. The monoisotopic (exact) mass is 239 g/mol. The summed E-state index contributed by atoms with van der Waals surface area (Å²) in [7, 11) is 0. The van der Waals surface area contributed by atoms with Crippen LogP contribution in [0.4, 0.5) is 0 Å². The van der Waals surface area contributed by atoms with Gasteiger partial charge in [0, 0.05) is 18.4 Å². The second-order valence-corrected chi connectivity index (χ2v) is 6.90. The van der Waals surface area contributed by atoms with Crippen LogP contribution < -0.4 is 0 Å². The lowest BCUT2D eigenvalue weighted by Gasteiger charge is -2.25. The molecule has 0 atom stereocenters. The fourth-order valence-electron chi connectivity index (χ4n) is 1.87. The zero-order chi connectivity index (χ0) is 13.3.